The van der Waals surface area contributed by atoms with Crippen LogP contribution in [0.5, 0.6) is 5.75 Å². The first-order valence-electron chi connectivity index (χ1n) is 10.6. The van der Waals surface area contributed by atoms with E-state index in [-0.39, 0.29) is 31.8 Å². The molecule has 6 nitrogen and oxygen atoms in total. The van der Waals surface area contributed by atoms with Crippen LogP contribution in [0.2, 0.25) is 0 Å². The summed E-state index contributed by atoms with van der Waals surface area (Å²) in [6, 6.07) is 6.63. The number of thiol groups is 1. The molecule has 0 saturated heterocycles. The van der Waals surface area contributed by atoms with Crippen LogP contribution in [0.3, 0.4) is 0 Å². The minimum Gasteiger partial charge on any atom is -0.488 e. The molecular formula is C25H29F3N2O4S. The van der Waals surface area contributed by atoms with E-state index in [0.717, 1.165) is 12.2 Å². The van der Waals surface area contributed by atoms with Crippen LogP contribution in [0.1, 0.15) is 38.2 Å². The van der Waals surface area contributed by atoms with Gasteiger partial charge in [-0.05, 0) is 43.7 Å². The number of carbonyl (C=O) groups is 1. The molecule has 0 aromatic heterocycles. The fraction of sp³-hybridized carbons (Fsp3) is 0.320. The minimum atomic E-state index is -4.43. The summed E-state index contributed by atoms with van der Waals surface area (Å²) < 4.78 is 44.0. The van der Waals surface area contributed by atoms with Gasteiger partial charge in [-0.25, -0.2) is 0 Å². The first-order chi connectivity index (χ1) is 16.5. The number of aliphatic imine (C=N–C) groups is 1. The van der Waals surface area contributed by atoms with Gasteiger partial charge in [-0.3, -0.25) is 9.79 Å². The third-order valence-electron chi connectivity index (χ3n) is 4.67. The van der Waals surface area contributed by atoms with E-state index in [1.165, 1.54) is 31.4 Å². The van der Waals surface area contributed by atoms with E-state index in [1.807, 2.05) is 0 Å². The second kappa shape index (κ2) is 15.0. The van der Waals surface area contributed by atoms with Crippen molar-refractivity contribution in [2.45, 2.75) is 38.8 Å². The second-order valence-corrected chi connectivity index (χ2v) is 7.86. The molecule has 0 aliphatic carbocycles. The summed E-state index contributed by atoms with van der Waals surface area (Å²) in [6.07, 6.45) is 2.62. The molecular weight excluding hydrogens is 481 g/mol. The highest BCUT2D eigenvalue weighted by Gasteiger charge is 2.30. The van der Waals surface area contributed by atoms with Crippen molar-refractivity contribution in [3.8, 4) is 5.75 Å². The third-order valence-corrected chi connectivity index (χ3v) is 5.12. The van der Waals surface area contributed by atoms with E-state index in [2.05, 4.69) is 17.6 Å². The van der Waals surface area contributed by atoms with Gasteiger partial charge in [-0.1, -0.05) is 30.4 Å². The molecule has 1 rings (SSSR count). The molecule has 1 unspecified atom stereocenters. The van der Waals surface area contributed by atoms with Crippen molar-refractivity contribution in [3.05, 3.63) is 76.4 Å². The van der Waals surface area contributed by atoms with Gasteiger partial charge in [-0.15, -0.1) is 12.6 Å². The average molecular weight is 511 g/mol. The Balaban J connectivity index is 2.78. The minimum absolute atomic E-state index is 0.0909. The maximum Gasteiger partial charge on any atom is 0.416 e. The third kappa shape index (κ3) is 11.2. The topological polar surface area (TPSA) is 103 Å². The Labute approximate surface area is 208 Å². The Morgan fingerprint density at radius 3 is 2.46 bits per heavy atom. The number of hydrogen-bond acceptors (Lipinski definition) is 6. The van der Waals surface area contributed by atoms with E-state index >= 15 is 0 Å². The lowest BCUT2D eigenvalue weighted by Gasteiger charge is -2.17. The number of aliphatic carboxylic acids is 1. The highest BCUT2D eigenvalue weighted by molar-refractivity contribution is 7.84. The second-order valence-electron chi connectivity index (χ2n) is 7.32. The molecule has 1 aromatic rings. The van der Waals surface area contributed by atoms with E-state index < -0.39 is 23.6 Å². The molecule has 190 valence electrons. The van der Waals surface area contributed by atoms with Gasteiger partial charge >= 0.3 is 12.1 Å². The number of rotatable bonds is 13. The number of allylic oxidation sites excluding steroid dienone is 7. The van der Waals surface area contributed by atoms with Gasteiger partial charge in [0.15, 0.2) is 0 Å². The van der Waals surface area contributed by atoms with Crippen LogP contribution in [0.4, 0.5) is 13.2 Å². The summed E-state index contributed by atoms with van der Waals surface area (Å²) >= 11 is 4.35. The van der Waals surface area contributed by atoms with E-state index in [1.54, 1.807) is 31.2 Å². The fourth-order valence-electron chi connectivity index (χ4n) is 2.83. The van der Waals surface area contributed by atoms with Crippen molar-refractivity contribution in [3.63, 3.8) is 0 Å². The molecule has 0 saturated carbocycles. The number of aliphatic hydroxyl groups excluding tert-OH is 1. The Kier molecular flexibility index (Phi) is 12.8. The molecule has 0 bridgehead atoms. The predicted molar refractivity (Wildman–Crippen MR) is 135 cm³/mol. The van der Waals surface area contributed by atoms with Gasteiger partial charge in [0.05, 0.1) is 12.0 Å². The molecule has 0 aliphatic rings. The summed E-state index contributed by atoms with van der Waals surface area (Å²) in [7, 11) is 0. The van der Waals surface area contributed by atoms with Crippen molar-refractivity contribution in [2.75, 3.05) is 13.2 Å². The first kappa shape index (κ1) is 29.9. The number of nitrogens with one attached hydrogen (secondary N) is 1. The SMILES string of the molecule is C\C=C/C(=C\C=C\C=N\C(C)=C(/S)COc1ccc(C(CC(=O)O)C(=N)CCO)cc1)C(F)(F)F. The molecule has 0 radical (unpaired) electrons. The smallest absolute Gasteiger partial charge is 0.416 e. The van der Waals surface area contributed by atoms with Crippen LogP contribution in [0, 0.1) is 5.41 Å². The number of halogens is 3. The summed E-state index contributed by atoms with van der Waals surface area (Å²) in [5, 5.41) is 26.2. The van der Waals surface area contributed by atoms with Gasteiger partial charge in [0.1, 0.15) is 12.4 Å². The Morgan fingerprint density at radius 1 is 1.26 bits per heavy atom. The van der Waals surface area contributed by atoms with Crippen LogP contribution in [0.15, 0.2) is 75.8 Å². The zero-order valence-corrected chi connectivity index (χ0v) is 20.3. The van der Waals surface area contributed by atoms with Crippen molar-refractivity contribution in [1.82, 2.24) is 0 Å². The molecule has 0 fully saturated rings. The molecule has 0 heterocycles. The van der Waals surface area contributed by atoms with Gasteiger partial charge in [0.2, 0.25) is 0 Å². The molecule has 1 aromatic carbocycles. The standard InChI is InChI=1S/C25H29F3N2O4S/c1-3-6-19(25(26,27)28)7-4-5-13-30-17(2)23(35)16-34-20-10-8-18(9-11-20)21(15-24(32)33)22(29)12-14-31/h3-11,13,21,29,31,35H,12,14-16H2,1-2H3,(H,32,33)/b5-4+,6-3-,19-7+,23-17-,29-22?,30-13+. The van der Waals surface area contributed by atoms with Crippen molar-refractivity contribution >= 4 is 30.5 Å². The van der Waals surface area contributed by atoms with Crippen LogP contribution in [-0.2, 0) is 4.79 Å². The molecule has 3 N–H and O–H groups in total. The lowest BCUT2D eigenvalue weighted by Crippen LogP contribution is -2.17. The number of aliphatic hydroxyl groups is 1. The zero-order valence-electron chi connectivity index (χ0n) is 19.4. The number of alkyl halides is 3. The van der Waals surface area contributed by atoms with Gasteiger partial charge in [-0.2, -0.15) is 13.2 Å². The quantitative estimate of drug-likeness (QED) is 0.151. The molecule has 0 spiro atoms. The number of carboxylic acids is 1. The van der Waals surface area contributed by atoms with Crippen LogP contribution < -0.4 is 4.74 Å². The number of nitrogens with zero attached hydrogens (tertiary/aromatic N) is 1. The summed E-state index contributed by atoms with van der Waals surface area (Å²) in [6.45, 7) is 3.05. The van der Waals surface area contributed by atoms with E-state index in [4.69, 9.17) is 20.4 Å². The Hall–Kier alpha value is -3.11. The molecule has 0 amide bonds. The number of hydrogen-bond donors (Lipinski definition) is 4. The van der Waals surface area contributed by atoms with Crippen molar-refractivity contribution in [1.29, 1.82) is 5.41 Å². The van der Waals surface area contributed by atoms with Crippen LogP contribution >= 0.6 is 12.6 Å². The van der Waals surface area contributed by atoms with E-state index in [0.29, 0.717) is 21.9 Å². The lowest BCUT2D eigenvalue weighted by atomic mass is 9.89. The zero-order chi connectivity index (χ0) is 26.4. The monoisotopic (exact) mass is 510 g/mol. The Bertz CT molecular complexity index is 1010. The van der Waals surface area contributed by atoms with Crippen LogP contribution in [-0.4, -0.2) is 47.5 Å². The van der Waals surface area contributed by atoms with Crippen LogP contribution in [0.25, 0.3) is 0 Å². The fourth-order valence-corrected chi connectivity index (χ4v) is 2.95. The maximum absolute atomic E-state index is 12.8. The molecule has 10 heteroatoms. The summed E-state index contributed by atoms with van der Waals surface area (Å²) in [5.74, 6) is -1.18. The van der Waals surface area contributed by atoms with Crippen molar-refractivity contribution < 1.29 is 32.9 Å². The maximum atomic E-state index is 12.8. The van der Waals surface area contributed by atoms with Gasteiger partial charge in [0.25, 0.3) is 0 Å². The summed E-state index contributed by atoms with van der Waals surface area (Å²) in [4.78, 5) is 15.8. The molecule has 0 aliphatic heterocycles. The predicted octanol–water partition coefficient (Wildman–Crippen LogP) is 5.88. The number of ether oxygens (including phenoxy) is 1. The normalized spacial score (nSPS) is 14.5. The highest BCUT2D eigenvalue weighted by atomic mass is 32.1. The molecule has 1 atom stereocenters. The summed E-state index contributed by atoms with van der Waals surface area (Å²) in [5.41, 5.74) is 0.510. The average Bonchev–Trinajstić information content (AvgIpc) is 2.79. The molecule has 35 heavy (non-hydrogen) atoms. The Morgan fingerprint density at radius 2 is 1.91 bits per heavy atom. The van der Waals surface area contributed by atoms with Gasteiger partial charge < -0.3 is 20.4 Å². The van der Waals surface area contributed by atoms with E-state index in [9.17, 15) is 18.0 Å². The highest BCUT2D eigenvalue weighted by Crippen LogP contribution is 2.27. The van der Waals surface area contributed by atoms with Crippen molar-refractivity contribution in [2.24, 2.45) is 4.99 Å². The largest absolute Gasteiger partial charge is 0.488 e. The first-order valence-corrected chi connectivity index (χ1v) is 11.1. The lowest BCUT2D eigenvalue weighted by molar-refractivity contribution is -0.137. The number of carboxylic acid groups (broad SMARTS) is 1. The van der Waals surface area contributed by atoms with Gasteiger partial charge in [0, 0.05) is 41.5 Å². The number of benzene rings is 1.